The van der Waals surface area contributed by atoms with E-state index in [1.54, 1.807) is 0 Å². The lowest BCUT2D eigenvalue weighted by Gasteiger charge is -2.15. The number of aliphatic hydroxyl groups is 1. The van der Waals surface area contributed by atoms with Crippen LogP contribution in [0.3, 0.4) is 0 Å². The van der Waals surface area contributed by atoms with Gasteiger partial charge in [-0.15, -0.1) is 0 Å². The summed E-state index contributed by atoms with van der Waals surface area (Å²) in [4.78, 5) is 24.7. The smallest absolute Gasteiger partial charge is 0.306 e. The van der Waals surface area contributed by atoms with E-state index >= 15 is 0 Å². The van der Waals surface area contributed by atoms with Gasteiger partial charge >= 0.3 is 11.9 Å². The first-order valence-corrected chi connectivity index (χ1v) is 39.4. The Hall–Kier alpha value is -3.44. The van der Waals surface area contributed by atoms with Gasteiger partial charge in [-0.05, 0) is 103 Å². The lowest BCUT2D eigenvalue weighted by Crippen LogP contribution is -2.28. The van der Waals surface area contributed by atoms with E-state index in [2.05, 4.69) is 123 Å². The molecule has 0 amide bonds. The topological polar surface area (TPSA) is 72.8 Å². The van der Waals surface area contributed by atoms with Gasteiger partial charge in [0.05, 0.1) is 6.61 Å². The Morgan fingerprint density at radius 2 is 0.478 bits per heavy atom. The summed E-state index contributed by atoms with van der Waals surface area (Å²) >= 11 is 0. The molecule has 5 nitrogen and oxygen atoms in total. The van der Waals surface area contributed by atoms with Crippen molar-refractivity contribution in [2.45, 2.75) is 405 Å². The average Bonchev–Trinajstić information content (AvgIpc) is 3.59. The van der Waals surface area contributed by atoms with Gasteiger partial charge in [-0.2, -0.15) is 0 Å². The number of aliphatic hydroxyl groups excluding tert-OH is 1. The van der Waals surface area contributed by atoms with E-state index in [0.717, 1.165) is 89.9 Å². The molecular formula is C85H150O5. The predicted molar refractivity (Wildman–Crippen MR) is 399 cm³/mol. The molecule has 0 bridgehead atoms. The van der Waals surface area contributed by atoms with E-state index in [4.69, 9.17) is 9.47 Å². The normalized spacial score (nSPS) is 12.8. The summed E-state index contributed by atoms with van der Waals surface area (Å²) in [5, 5.41) is 9.73. The van der Waals surface area contributed by atoms with Gasteiger partial charge in [-0.3, -0.25) is 9.59 Å². The maximum atomic E-state index is 12.4. The second kappa shape index (κ2) is 79.8. The molecule has 0 heterocycles. The van der Waals surface area contributed by atoms with Gasteiger partial charge < -0.3 is 14.6 Å². The molecule has 5 heteroatoms. The van der Waals surface area contributed by atoms with Crippen LogP contribution < -0.4 is 0 Å². The summed E-state index contributed by atoms with van der Waals surface area (Å²) in [7, 11) is 0. The molecule has 0 aliphatic carbocycles. The molecule has 90 heavy (non-hydrogen) atoms. The fourth-order valence-corrected chi connectivity index (χ4v) is 11.7. The quantitative estimate of drug-likeness (QED) is 0.0373. The van der Waals surface area contributed by atoms with Crippen LogP contribution in [0.2, 0.25) is 0 Å². The number of hydrogen-bond donors (Lipinski definition) is 1. The molecule has 1 N–H and O–H groups in total. The molecule has 0 aromatic carbocycles. The van der Waals surface area contributed by atoms with Gasteiger partial charge in [-0.1, -0.05) is 393 Å². The van der Waals surface area contributed by atoms with Crippen molar-refractivity contribution in [1.29, 1.82) is 0 Å². The fraction of sp³-hybridized carbons (Fsp3) is 0.765. The van der Waals surface area contributed by atoms with Crippen LogP contribution in [0.5, 0.6) is 0 Å². The maximum absolute atomic E-state index is 12.4. The Labute approximate surface area is 561 Å². The van der Waals surface area contributed by atoms with Gasteiger partial charge in [-0.25, -0.2) is 0 Å². The number of rotatable bonds is 73. The number of esters is 2. The van der Waals surface area contributed by atoms with Crippen molar-refractivity contribution in [2.24, 2.45) is 0 Å². The zero-order valence-corrected chi connectivity index (χ0v) is 59.9. The zero-order chi connectivity index (χ0) is 64.7. The summed E-state index contributed by atoms with van der Waals surface area (Å²) in [5.41, 5.74) is 0. The monoisotopic (exact) mass is 1250 g/mol. The first-order chi connectivity index (χ1) is 44.6. The Morgan fingerprint density at radius 1 is 0.267 bits per heavy atom. The molecule has 520 valence electrons. The van der Waals surface area contributed by atoms with Crippen LogP contribution in [0, 0.1) is 0 Å². The van der Waals surface area contributed by atoms with Crippen molar-refractivity contribution < 1.29 is 24.2 Å². The number of ether oxygens (including phenoxy) is 2. The molecule has 0 aromatic rings. The lowest BCUT2D eigenvalue weighted by atomic mass is 10.0. The van der Waals surface area contributed by atoms with E-state index in [1.807, 2.05) is 0 Å². The van der Waals surface area contributed by atoms with Crippen molar-refractivity contribution in [3.63, 3.8) is 0 Å². The van der Waals surface area contributed by atoms with Gasteiger partial charge in [0.2, 0.25) is 0 Å². The molecule has 1 atom stereocenters. The standard InChI is InChI=1S/C85H150O5/c1-3-5-7-9-11-13-15-17-19-21-23-25-27-29-31-33-35-37-39-41-42-44-46-48-50-52-54-56-58-60-62-64-66-68-70-72-74-76-78-80-85(88)90-83(81-86)82-89-84(87)79-77-75-73-71-69-67-65-63-61-59-57-55-53-51-49-47-45-43-40-38-36-34-32-30-28-26-24-22-20-18-16-14-12-10-8-6-4-2/h5,7,11,13,16-19,22-25,29,31,35,37,41-42,83,86H,3-4,6,8-10,12,14-15,20-21,26-28,30,32-34,36,38-40,43-82H2,1-2H3/b7-5-,13-11-,18-16-,19-17-,24-22-,25-23-,31-29-,37-35-,42-41-. The third-order valence-electron chi connectivity index (χ3n) is 17.6. The van der Waals surface area contributed by atoms with Crippen LogP contribution in [0.25, 0.3) is 0 Å². The number of hydrogen-bond acceptors (Lipinski definition) is 5. The molecule has 0 spiro atoms. The Bertz CT molecular complexity index is 1710. The van der Waals surface area contributed by atoms with Crippen LogP contribution in [0.15, 0.2) is 109 Å². The Morgan fingerprint density at radius 3 is 0.722 bits per heavy atom. The molecule has 0 radical (unpaired) electrons. The fourth-order valence-electron chi connectivity index (χ4n) is 11.7. The first kappa shape index (κ1) is 86.6. The third kappa shape index (κ3) is 77.0. The molecule has 0 saturated heterocycles. The van der Waals surface area contributed by atoms with Gasteiger partial charge in [0.25, 0.3) is 0 Å². The molecule has 0 fully saturated rings. The number of carbonyl (C=O) groups is 2. The molecule has 0 aromatic heterocycles. The number of carbonyl (C=O) groups excluding carboxylic acids is 2. The van der Waals surface area contributed by atoms with E-state index in [9.17, 15) is 14.7 Å². The van der Waals surface area contributed by atoms with Crippen LogP contribution >= 0.6 is 0 Å². The SMILES string of the molecule is CC/C=C\C/C=C\C/C=C\C/C=C\C/C=C\C/C=C\C/C=C\CCCCCCCCCCCCCCCCCCCC(=O)OC(CO)COC(=O)CCCCCCCCCCCCCCCCCCCCCCCCCCC/C=C\C/C=C\CCCCCCC. The first-order valence-electron chi connectivity index (χ1n) is 39.4. The summed E-state index contributed by atoms with van der Waals surface area (Å²) < 4.78 is 10.8. The molecule has 0 rings (SSSR count). The third-order valence-corrected chi connectivity index (χ3v) is 17.6. The van der Waals surface area contributed by atoms with Crippen LogP contribution in [-0.4, -0.2) is 36.4 Å². The van der Waals surface area contributed by atoms with Crippen LogP contribution in [-0.2, 0) is 19.1 Å². The second-order valence-electron chi connectivity index (χ2n) is 26.4. The lowest BCUT2D eigenvalue weighted by molar-refractivity contribution is -0.161. The highest BCUT2D eigenvalue weighted by molar-refractivity contribution is 5.70. The van der Waals surface area contributed by atoms with Gasteiger partial charge in [0.1, 0.15) is 6.61 Å². The molecule has 0 aliphatic heterocycles. The van der Waals surface area contributed by atoms with Crippen molar-refractivity contribution in [2.75, 3.05) is 13.2 Å². The van der Waals surface area contributed by atoms with E-state index < -0.39 is 6.10 Å². The van der Waals surface area contributed by atoms with Crippen molar-refractivity contribution in [1.82, 2.24) is 0 Å². The van der Waals surface area contributed by atoms with Crippen LogP contribution in [0.4, 0.5) is 0 Å². The van der Waals surface area contributed by atoms with Gasteiger partial charge in [0, 0.05) is 12.8 Å². The highest BCUT2D eigenvalue weighted by atomic mass is 16.6. The summed E-state index contributed by atoms with van der Waals surface area (Å²) in [6, 6.07) is 0. The Balaban J connectivity index is 3.42. The zero-order valence-electron chi connectivity index (χ0n) is 59.9. The summed E-state index contributed by atoms with van der Waals surface area (Å²) in [6.07, 6.45) is 116. The molecule has 0 saturated carbocycles. The van der Waals surface area contributed by atoms with E-state index in [1.165, 1.54) is 283 Å². The number of allylic oxidation sites excluding steroid dienone is 18. The summed E-state index contributed by atoms with van der Waals surface area (Å²) in [5.74, 6) is -0.573. The second-order valence-corrected chi connectivity index (χ2v) is 26.4. The van der Waals surface area contributed by atoms with Crippen molar-refractivity contribution in [3.8, 4) is 0 Å². The molecule has 1 unspecified atom stereocenters. The minimum atomic E-state index is -0.776. The molecule has 0 aliphatic rings. The van der Waals surface area contributed by atoms with Gasteiger partial charge in [0.15, 0.2) is 6.10 Å². The highest BCUT2D eigenvalue weighted by Gasteiger charge is 2.16. The minimum Gasteiger partial charge on any atom is -0.462 e. The van der Waals surface area contributed by atoms with E-state index in [0.29, 0.717) is 12.8 Å². The number of unbranched alkanes of at least 4 members (excludes halogenated alkanes) is 47. The van der Waals surface area contributed by atoms with Crippen molar-refractivity contribution >= 4 is 11.9 Å². The maximum Gasteiger partial charge on any atom is 0.306 e. The average molecular weight is 1250 g/mol. The van der Waals surface area contributed by atoms with Crippen LogP contribution in [0.1, 0.15) is 399 Å². The minimum absolute atomic E-state index is 0.0638. The van der Waals surface area contributed by atoms with Crippen molar-refractivity contribution in [3.05, 3.63) is 109 Å². The largest absolute Gasteiger partial charge is 0.462 e. The predicted octanol–water partition coefficient (Wildman–Crippen LogP) is 27.9. The van der Waals surface area contributed by atoms with E-state index in [-0.39, 0.29) is 25.2 Å². The Kier molecular flexibility index (Phi) is 76.7. The molecular weight excluding hydrogens is 1100 g/mol. The summed E-state index contributed by atoms with van der Waals surface area (Å²) in [6.45, 7) is 4.06. The highest BCUT2D eigenvalue weighted by Crippen LogP contribution is 2.19.